The van der Waals surface area contributed by atoms with E-state index in [4.69, 9.17) is 14.3 Å². The molecular formula is C23H37N3O4. The summed E-state index contributed by atoms with van der Waals surface area (Å²) in [6, 6.07) is 6.51. The van der Waals surface area contributed by atoms with Crippen molar-refractivity contribution in [2.75, 3.05) is 60.6 Å². The van der Waals surface area contributed by atoms with Crippen molar-refractivity contribution in [2.24, 2.45) is 0 Å². The average molecular weight is 420 g/mol. The Bertz CT molecular complexity index is 678. The predicted molar refractivity (Wildman–Crippen MR) is 117 cm³/mol. The van der Waals surface area contributed by atoms with Gasteiger partial charge < -0.3 is 19.3 Å². The van der Waals surface area contributed by atoms with Gasteiger partial charge in [0.05, 0.1) is 20.8 Å². The number of piperidine rings is 1. The number of likely N-dealkylation sites (tertiary alicyclic amines) is 1. The van der Waals surface area contributed by atoms with E-state index >= 15 is 0 Å². The van der Waals surface area contributed by atoms with Crippen LogP contribution in [0.4, 0.5) is 0 Å². The highest BCUT2D eigenvalue weighted by molar-refractivity contribution is 5.76. The van der Waals surface area contributed by atoms with Crippen molar-refractivity contribution in [3.05, 3.63) is 23.8 Å². The molecule has 0 aliphatic carbocycles. The van der Waals surface area contributed by atoms with E-state index in [9.17, 15) is 4.79 Å². The lowest BCUT2D eigenvalue weighted by Crippen LogP contribution is -2.49. The van der Waals surface area contributed by atoms with Gasteiger partial charge in [-0.2, -0.15) is 5.06 Å². The summed E-state index contributed by atoms with van der Waals surface area (Å²) < 4.78 is 10.7. The average Bonchev–Trinajstić information content (AvgIpc) is 2.81. The molecule has 7 heteroatoms. The molecule has 1 aromatic rings. The van der Waals surface area contributed by atoms with Crippen molar-refractivity contribution in [1.82, 2.24) is 14.9 Å². The molecule has 0 spiro atoms. The molecule has 0 radical (unpaired) electrons. The summed E-state index contributed by atoms with van der Waals surface area (Å²) in [4.78, 5) is 22.8. The smallest absolute Gasteiger partial charge is 0.224 e. The highest BCUT2D eigenvalue weighted by Crippen LogP contribution is 2.28. The van der Waals surface area contributed by atoms with Crippen molar-refractivity contribution in [3.8, 4) is 11.5 Å². The molecule has 0 N–H and O–H groups in total. The van der Waals surface area contributed by atoms with Crippen LogP contribution in [0.25, 0.3) is 0 Å². The van der Waals surface area contributed by atoms with E-state index in [0.717, 1.165) is 76.4 Å². The van der Waals surface area contributed by atoms with Gasteiger partial charge in [0, 0.05) is 45.2 Å². The summed E-state index contributed by atoms with van der Waals surface area (Å²) in [6.45, 7) is 5.07. The molecule has 0 bridgehead atoms. The largest absolute Gasteiger partial charge is 0.493 e. The van der Waals surface area contributed by atoms with Crippen LogP contribution in [0.15, 0.2) is 18.2 Å². The molecule has 0 aromatic heterocycles. The summed E-state index contributed by atoms with van der Waals surface area (Å²) >= 11 is 0. The zero-order valence-corrected chi connectivity index (χ0v) is 18.8. The van der Waals surface area contributed by atoms with Gasteiger partial charge in [-0.3, -0.25) is 9.63 Å². The van der Waals surface area contributed by atoms with Crippen LogP contribution >= 0.6 is 0 Å². The summed E-state index contributed by atoms with van der Waals surface area (Å²) in [6.07, 6.45) is 5.97. The number of methoxy groups -OCH3 is 2. The van der Waals surface area contributed by atoms with E-state index in [0.29, 0.717) is 19.0 Å². The topological polar surface area (TPSA) is 54.5 Å². The first kappa shape index (κ1) is 22.8. The third-order valence-corrected chi connectivity index (χ3v) is 6.22. The molecule has 2 aliphatic rings. The molecule has 30 heavy (non-hydrogen) atoms. The van der Waals surface area contributed by atoms with Gasteiger partial charge in [0.25, 0.3) is 0 Å². The third kappa shape index (κ3) is 6.33. The Morgan fingerprint density at radius 3 is 2.73 bits per heavy atom. The Kier molecular flexibility index (Phi) is 8.78. The number of likely N-dealkylation sites (N-methyl/N-ethyl adjacent to an activating group) is 1. The first-order valence-corrected chi connectivity index (χ1v) is 11.2. The van der Waals surface area contributed by atoms with Gasteiger partial charge in [-0.25, -0.2) is 0 Å². The van der Waals surface area contributed by atoms with E-state index in [1.54, 1.807) is 14.2 Å². The van der Waals surface area contributed by atoms with Crippen molar-refractivity contribution in [2.45, 2.75) is 44.6 Å². The maximum atomic E-state index is 12.7. The Morgan fingerprint density at radius 2 is 2.00 bits per heavy atom. The van der Waals surface area contributed by atoms with Crippen LogP contribution in [0.1, 0.15) is 37.7 Å². The van der Waals surface area contributed by atoms with Gasteiger partial charge in [-0.15, -0.1) is 0 Å². The molecular weight excluding hydrogens is 382 g/mol. The van der Waals surface area contributed by atoms with Crippen LogP contribution in [-0.4, -0.2) is 87.4 Å². The SMILES string of the molecule is COc1ccc(CCN(C)C2CCCN(C(=O)CCN3CCCCO3)C2)cc1OC. The summed E-state index contributed by atoms with van der Waals surface area (Å²) in [5.74, 6) is 1.78. The second-order valence-electron chi connectivity index (χ2n) is 8.28. The second kappa shape index (κ2) is 11.5. The van der Waals surface area contributed by atoms with Crippen LogP contribution in [0.5, 0.6) is 11.5 Å². The number of carbonyl (C=O) groups excluding carboxylic acids is 1. The summed E-state index contributed by atoms with van der Waals surface area (Å²) in [5.41, 5.74) is 1.23. The Balaban J connectivity index is 1.45. The quantitative estimate of drug-likeness (QED) is 0.613. The first-order valence-electron chi connectivity index (χ1n) is 11.2. The molecule has 168 valence electrons. The predicted octanol–water partition coefficient (Wildman–Crippen LogP) is 2.59. The minimum atomic E-state index is 0.252. The molecule has 2 fully saturated rings. The lowest BCUT2D eigenvalue weighted by Gasteiger charge is -2.38. The van der Waals surface area contributed by atoms with Crippen LogP contribution in [-0.2, 0) is 16.1 Å². The number of nitrogens with zero attached hydrogens (tertiary/aromatic N) is 3. The number of hydrogen-bond acceptors (Lipinski definition) is 6. The standard InChI is InChI=1S/C23H37N3O4/c1-24(14-10-19-8-9-21(28-2)22(17-19)29-3)20-7-6-12-25(18-20)23(27)11-15-26-13-4-5-16-30-26/h8-9,17,20H,4-7,10-16,18H2,1-3H3. The van der Waals surface area contributed by atoms with E-state index in [-0.39, 0.29) is 5.91 Å². The minimum Gasteiger partial charge on any atom is -0.493 e. The van der Waals surface area contributed by atoms with E-state index in [1.165, 1.54) is 5.56 Å². The normalized spacial score (nSPS) is 20.4. The van der Waals surface area contributed by atoms with Crippen molar-refractivity contribution in [3.63, 3.8) is 0 Å². The molecule has 2 aliphatic heterocycles. The Labute approximate surface area is 180 Å². The monoisotopic (exact) mass is 419 g/mol. The summed E-state index contributed by atoms with van der Waals surface area (Å²) in [7, 11) is 5.49. The van der Waals surface area contributed by atoms with E-state index < -0.39 is 0 Å². The zero-order valence-electron chi connectivity index (χ0n) is 18.8. The number of ether oxygens (including phenoxy) is 2. The highest BCUT2D eigenvalue weighted by atomic mass is 16.7. The van der Waals surface area contributed by atoms with Crippen molar-refractivity contribution in [1.29, 1.82) is 0 Å². The molecule has 0 saturated carbocycles. The van der Waals surface area contributed by atoms with Gasteiger partial charge in [-0.05, 0) is 56.8 Å². The first-order chi connectivity index (χ1) is 14.6. The number of hydrogen-bond donors (Lipinski definition) is 0. The minimum absolute atomic E-state index is 0.252. The molecule has 1 unspecified atom stereocenters. The molecule has 1 amide bonds. The number of benzene rings is 1. The second-order valence-corrected chi connectivity index (χ2v) is 8.28. The number of carbonyl (C=O) groups is 1. The van der Waals surface area contributed by atoms with Crippen LogP contribution in [0.2, 0.25) is 0 Å². The van der Waals surface area contributed by atoms with Crippen LogP contribution in [0, 0.1) is 0 Å². The highest BCUT2D eigenvalue weighted by Gasteiger charge is 2.26. The maximum Gasteiger partial charge on any atom is 0.224 e. The zero-order chi connectivity index (χ0) is 21.3. The molecule has 3 rings (SSSR count). The molecule has 1 aromatic carbocycles. The molecule has 7 nitrogen and oxygen atoms in total. The maximum absolute atomic E-state index is 12.7. The fourth-order valence-corrected chi connectivity index (χ4v) is 4.27. The van der Waals surface area contributed by atoms with E-state index in [1.807, 2.05) is 22.1 Å². The van der Waals surface area contributed by atoms with Crippen molar-refractivity contribution >= 4 is 5.91 Å². The van der Waals surface area contributed by atoms with Gasteiger partial charge >= 0.3 is 0 Å². The van der Waals surface area contributed by atoms with Gasteiger partial charge in [0.1, 0.15) is 0 Å². The third-order valence-electron chi connectivity index (χ3n) is 6.22. The molecule has 1 atom stereocenters. The number of hydroxylamine groups is 2. The van der Waals surface area contributed by atoms with Gasteiger partial charge in [0.15, 0.2) is 11.5 Å². The number of rotatable bonds is 9. The van der Waals surface area contributed by atoms with E-state index in [2.05, 4.69) is 18.0 Å². The van der Waals surface area contributed by atoms with Crippen LogP contribution < -0.4 is 9.47 Å². The fraction of sp³-hybridized carbons (Fsp3) is 0.696. The fourth-order valence-electron chi connectivity index (χ4n) is 4.27. The Morgan fingerprint density at radius 1 is 1.17 bits per heavy atom. The molecule has 2 saturated heterocycles. The lowest BCUT2D eigenvalue weighted by atomic mass is 10.0. The lowest BCUT2D eigenvalue weighted by molar-refractivity contribution is -0.182. The van der Waals surface area contributed by atoms with Crippen molar-refractivity contribution < 1.29 is 19.1 Å². The van der Waals surface area contributed by atoms with Crippen LogP contribution in [0.3, 0.4) is 0 Å². The molecule has 2 heterocycles. The van der Waals surface area contributed by atoms with Gasteiger partial charge in [0.2, 0.25) is 5.91 Å². The number of amides is 1. The Hall–Kier alpha value is -1.83. The summed E-state index contributed by atoms with van der Waals surface area (Å²) in [5, 5.41) is 1.96. The van der Waals surface area contributed by atoms with Gasteiger partial charge in [-0.1, -0.05) is 6.07 Å².